The van der Waals surface area contributed by atoms with E-state index in [9.17, 15) is 0 Å². The first-order valence-electron chi connectivity index (χ1n) is 7.63. The van der Waals surface area contributed by atoms with Gasteiger partial charge in [0.1, 0.15) is 0 Å². The molecule has 2 heterocycles. The van der Waals surface area contributed by atoms with Crippen molar-refractivity contribution < 1.29 is 52.8 Å². The summed E-state index contributed by atoms with van der Waals surface area (Å²) in [4.78, 5) is 4.58. The van der Waals surface area contributed by atoms with Crippen molar-refractivity contribution in [1.82, 2.24) is 9.38 Å². The SMILES string of the molecule is [CH3-].[Ir].[Y].[c-]1cc2c(c3c1c1nccn1c1ccccc31)CCCC2. The third kappa shape index (κ3) is 2.80. The van der Waals surface area contributed by atoms with Crippen LogP contribution in [0, 0.1) is 13.5 Å². The van der Waals surface area contributed by atoms with Gasteiger partial charge in [-0.2, -0.15) is 0 Å². The number of imidazole rings is 1. The predicted molar refractivity (Wildman–Crippen MR) is 92.1 cm³/mol. The van der Waals surface area contributed by atoms with Crippen LogP contribution in [0.2, 0.25) is 0 Å². The molecule has 0 bridgehead atoms. The molecule has 1 aliphatic carbocycles. The van der Waals surface area contributed by atoms with Gasteiger partial charge in [0.25, 0.3) is 0 Å². The molecule has 1 aliphatic rings. The van der Waals surface area contributed by atoms with E-state index < -0.39 is 0 Å². The Labute approximate surface area is 181 Å². The van der Waals surface area contributed by atoms with Crippen molar-refractivity contribution in [2.45, 2.75) is 25.7 Å². The van der Waals surface area contributed by atoms with Gasteiger partial charge in [-0.05, 0) is 17.9 Å². The smallest absolute Gasteiger partial charge is 0.0608 e. The maximum atomic E-state index is 4.58. The van der Waals surface area contributed by atoms with Crippen LogP contribution >= 0.6 is 0 Å². The third-order valence-corrected chi connectivity index (χ3v) is 4.75. The van der Waals surface area contributed by atoms with Gasteiger partial charge in [0, 0.05) is 70.7 Å². The number of benzene rings is 2. The fraction of sp³-hybridized carbons (Fsp3) is 0.200. The van der Waals surface area contributed by atoms with E-state index in [4.69, 9.17) is 0 Å². The maximum Gasteiger partial charge on any atom is 0.0608 e. The molecule has 0 fully saturated rings. The van der Waals surface area contributed by atoms with E-state index in [0.29, 0.717) is 0 Å². The van der Waals surface area contributed by atoms with Crippen molar-refractivity contribution in [3.63, 3.8) is 0 Å². The van der Waals surface area contributed by atoms with Crippen LogP contribution in [-0.4, -0.2) is 9.38 Å². The van der Waals surface area contributed by atoms with Crippen molar-refractivity contribution in [1.29, 1.82) is 0 Å². The van der Waals surface area contributed by atoms with E-state index in [1.807, 2.05) is 12.4 Å². The van der Waals surface area contributed by atoms with Gasteiger partial charge >= 0.3 is 0 Å². The molecule has 0 amide bonds. The number of rotatable bonds is 0. The number of nitrogens with zero attached hydrogens (tertiary/aromatic N) is 2. The molecule has 122 valence electrons. The molecule has 4 heteroatoms. The molecular weight excluding hydrogens is 549 g/mol. The monoisotopic (exact) mass is 568 g/mol. The summed E-state index contributed by atoms with van der Waals surface area (Å²) in [5.41, 5.74) is 5.27. The summed E-state index contributed by atoms with van der Waals surface area (Å²) >= 11 is 0. The van der Waals surface area contributed by atoms with Crippen LogP contribution < -0.4 is 0 Å². The maximum absolute atomic E-state index is 4.58. The number of fused-ring (bicyclic) bond motifs is 8. The normalized spacial score (nSPS) is 13.0. The zero-order chi connectivity index (χ0) is 13.8. The van der Waals surface area contributed by atoms with Gasteiger partial charge in [0.05, 0.1) is 5.65 Å². The van der Waals surface area contributed by atoms with E-state index in [1.54, 1.807) is 0 Å². The first-order valence-corrected chi connectivity index (χ1v) is 7.63. The molecule has 0 aliphatic heterocycles. The van der Waals surface area contributed by atoms with Crippen LogP contribution in [0.15, 0.2) is 42.7 Å². The number of aromatic nitrogens is 2. The van der Waals surface area contributed by atoms with E-state index in [0.717, 1.165) is 5.65 Å². The summed E-state index contributed by atoms with van der Waals surface area (Å²) in [6, 6.07) is 14.4. The molecule has 0 saturated carbocycles. The van der Waals surface area contributed by atoms with Crippen LogP contribution in [-0.2, 0) is 65.7 Å². The minimum absolute atomic E-state index is 0. The molecule has 0 N–H and O–H groups in total. The van der Waals surface area contributed by atoms with Crippen molar-refractivity contribution in [2.75, 3.05) is 0 Å². The molecule has 0 unspecified atom stereocenters. The zero-order valence-electron chi connectivity index (χ0n) is 13.7. The van der Waals surface area contributed by atoms with Crippen LogP contribution in [0.5, 0.6) is 0 Å². The Morgan fingerprint density at radius 1 is 1.08 bits per heavy atom. The Balaban J connectivity index is 0.000000694. The second-order valence-electron chi connectivity index (χ2n) is 5.89. The Bertz CT molecular complexity index is 1010. The summed E-state index contributed by atoms with van der Waals surface area (Å²) in [5.74, 6) is 0. The van der Waals surface area contributed by atoms with Crippen LogP contribution in [0.4, 0.5) is 0 Å². The molecule has 2 aromatic carbocycles. The summed E-state index contributed by atoms with van der Waals surface area (Å²) in [6.07, 6.45) is 8.89. The number of hydrogen-bond acceptors (Lipinski definition) is 1. The molecule has 0 spiro atoms. The van der Waals surface area contributed by atoms with Crippen LogP contribution in [0.3, 0.4) is 0 Å². The fourth-order valence-corrected chi connectivity index (χ4v) is 3.81. The molecule has 4 aromatic rings. The van der Waals surface area contributed by atoms with E-state index in [2.05, 4.69) is 45.8 Å². The Morgan fingerprint density at radius 3 is 2.75 bits per heavy atom. The second kappa shape index (κ2) is 7.74. The average molecular weight is 568 g/mol. The molecule has 0 saturated heterocycles. The van der Waals surface area contributed by atoms with E-state index in [-0.39, 0.29) is 60.2 Å². The standard InChI is InChI=1S/C19H15N2.CH3.Ir.Y/c1-2-6-14-13(5-1)9-10-16-18(14)15-7-3-4-8-17(15)21-12-11-20-19(16)21;;;/h3-4,7-9,11-12H,1-2,5-6H2;1H3;;/q2*-1;;. The number of aryl methyl sites for hydroxylation is 2. The number of hydrogen-bond donors (Lipinski definition) is 0. The topological polar surface area (TPSA) is 17.3 Å². The predicted octanol–water partition coefficient (Wildman–Crippen LogP) is 4.76. The van der Waals surface area contributed by atoms with Crippen molar-refractivity contribution in [3.05, 3.63) is 67.3 Å². The van der Waals surface area contributed by atoms with Crippen molar-refractivity contribution in [2.24, 2.45) is 0 Å². The Kier molecular flexibility index (Phi) is 6.36. The summed E-state index contributed by atoms with van der Waals surface area (Å²) in [5, 5.41) is 3.87. The van der Waals surface area contributed by atoms with Crippen molar-refractivity contribution in [3.8, 4) is 0 Å². The zero-order valence-corrected chi connectivity index (χ0v) is 18.9. The molecule has 2 nitrogen and oxygen atoms in total. The van der Waals surface area contributed by atoms with E-state index in [1.165, 1.54) is 58.5 Å². The van der Waals surface area contributed by atoms with Gasteiger partial charge < -0.3 is 11.8 Å². The first kappa shape index (κ1) is 19.7. The molecule has 24 heavy (non-hydrogen) atoms. The fourth-order valence-electron chi connectivity index (χ4n) is 3.81. The van der Waals surface area contributed by atoms with Gasteiger partial charge in [-0.3, -0.25) is 4.98 Å². The Morgan fingerprint density at radius 2 is 1.88 bits per heavy atom. The third-order valence-electron chi connectivity index (χ3n) is 4.75. The van der Waals surface area contributed by atoms with Gasteiger partial charge in [-0.15, -0.1) is 23.3 Å². The number of pyridine rings is 1. The molecule has 2 radical (unpaired) electrons. The average Bonchev–Trinajstić information content (AvgIpc) is 3.04. The van der Waals surface area contributed by atoms with Gasteiger partial charge in [0.2, 0.25) is 0 Å². The van der Waals surface area contributed by atoms with Gasteiger partial charge in [-0.25, -0.2) is 0 Å². The largest absolute Gasteiger partial charge is 0.358 e. The molecule has 2 aromatic heterocycles. The summed E-state index contributed by atoms with van der Waals surface area (Å²) in [6.45, 7) is 0. The van der Waals surface area contributed by atoms with Gasteiger partial charge in [0.15, 0.2) is 0 Å². The van der Waals surface area contributed by atoms with Crippen LogP contribution in [0.1, 0.15) is 24.0 Å². The Hall–Kier alpha value is -0.597. The summed E-state index contributed by atoms with van der Waals surface area (Å²) < 4.78 is 2.18. The second-order valence-corrected chi connectivity index (χ2v) is 5.89. The molecule has 5 rings (SSSR count). The van der Waals surface area contributed by atoms with Crippen LogP contribution in [0.25, 0.3) is 27.3 Å². The number of para-hydroxylation sites is 1. The molecular formula is C20H18IrN2Y-2. The first-order chi connectivity index (χ1) is 10.4. The minimum atomic E-state index is 0. The molecule has 0 atom stereocenters. The van der Waals surface area contributed by atoms with E-state index >= 15 is 0 Å². The van der Waals surface area contributed by atoms with Crippen molar-refractivity contribution >= 4 is 27.3 Å². The minimum Gasteiger partial charge on any atom is -0.358 e. The summed E-state index contributed by atoms with van der Waals surface area (Å²) in [7, 11) is 0. The van der Waals surface area contributed by atoms with Gasteiger partial charge in [-0.1, -0.05) is 48.2 Å². The quantitative estimate of drug-likeness (QED) is 0.221.